The van der Waals surface area contributed by atoms with Crippen molar-refractivity contribution in [3.63, 3.8) is 0 Å². The first kappa shape index (κ1) is 5.43. The topological polar surface area (TPSA) is 68.8 Å². The van der Waals surface area contributed by atoms with Crippen LogP contribution in [0.25, 0.3) is 6.08 Å². The summed E-state index contributed by atoms with van der Waals surface area (Å²) >= 11 is 0. The molecule has 1 aromatic rings. The lowest BCUT2D eigenvalue weighted by Crippen LogP contribution is -2.34. The van der Waals surface area contributed by atoms with E-state index in [0.717, 1.165) is 5.82 Å². The average Bonchev–Trinajstić information content (AvgIpc) is 2.36. The van der Waals surface area contributed by atoms with Crippen LogP contribution in [0.15, 0.2) is 12.5 Å². The van der Waals surface area contributed by atoms with Crippen LogP contribution >= 0.6 is 0 Å². The summed E-state index contributed by atoms with van der Waals surface area (Å²) in [5.74, 6) is 0.784. The number of nitrogens with zero attached hydrogens (tertiary/aromatic N) is 3. The fourth-order valence-corrected chi connectivity index (χ4v) is 0.884. The maximum Gasteiger partial charge on any atom is 0.175 e. The first-order chi connectivity index (χ1) is 4.88. The molecule has 1 aliphatic heterocycles. The van der Waals surface area contributed by atoms with Crippen molar-refractivity contribution in [2.24, 2.45) is 5.73 Å². The number of fused-ring (bicyclic) bond motifs is 1. The Balaban J connectivity index is 2.52. The lowest BCUT2D eigenvalue weighted by molar-refractivity contribution is 0.416. The lowest BCUT2D eigenvalue weighted by Gasteiger charge is -2.16. The van der Waals surface area contributed by atoms with Gasteiger partial charge in [-0.25, -0.2) is 9.67 Å². The predicted molar refractivity (Wildman–Crippen MR) is 35.4 cm³/mol. The molecule has 2 heterocycles. The van der Waals surface area contributed by atoms with Gasteiger partial charge in [-0.1, -0.05) is 0 Å². The first-order valence-electron chi connectivity index (χ1n) is 2.95. The van der Waals surface area contributed by atoms with Gasteiger partial charge in [0, 0.05) is 6.20 Å². The lowest BCUT2D eigenvalue weighted by atomic mass is 10.5. The molecule has 0 aromatic carbocycles. The van der Waals surface area contributed by atoms with Crippen LogP contribution in [0.4, 0.5) is 0 Å². The molecule has 1 aromatic heterocycles. The molecular formula is C5H7N5. The van der Waals surface area contributed by atoms with E-state index in [4.69, 9.17) is 5.73 Å². The van der Waals surface area contributed by atoms with Gasteiger partial charge in [-0.15, -0.1) is 0 Å². The zero-order valence-corrected chi connectivity index (χ0v) is 5.23. The molecule has 0 aliphatic carbocycles. The summed E-state index contributed by atoms with van der Waals surface area (Å²) in [5.41, 5.74) is 5.59. The molecule has 0 saturated heterocycles. The van der Waals surface area contributed by atoms with Crippen LogP contribution in [0.3, 0.4) is 0 Å². The Morgan fingerprint density at radius 2 is 2.60 bits per heavy atom. The van der Waals surface area contributed by atoms with Gasteiger partial charge in [0.1, 0.15) is 6.33 Å². The van der Waals surface area contributed by atoms with Gasteiger partial charge < -0.3 is 5.32 Å². The van der Waals surface area contributed by atoms with Crippen LogP contribution in [0.1, 0.15) is 12.1 Å². The van der Waals surface area contributed by atoms with E-state index in [9.17, 15) is 0 Å². The molecule has 1 unspecified atom stereocenters. The van der Waals surface area contributed by atoms with Crippen molar-refractivity contribution in [3.05, 3.63) is 18.4 Å². The highest BCUT2D eigenvalue weighted by Crippen LogP contribution is 2.04. The number of aromatic nitrogens is 3. The Morgan fingerprint density at radius 1 is 1.70 bits per heavy atom. The first-order valence-corrected chi connectivity index (χ1v) is 2.95. The van der Waals surface area contributed by atoms with Gasteiger partial charge in [-0.2, -0.15) is 5.10 Å². The molecule has 0 amide bonds. The van der Waals surface area contributed by atoms with E-state index < -0.39 is 0 Å². The molecular weight excluding hydrogens is 130 g/mol. The van der Waals surface area contributed by atoms with Gasteiger partial charge >= 0.3 is 0 Å². The smallest absolute Gasteiger partial charge is 0.175 e. The minimum Gasteiger partial charge on any atom is -0.358 e. The molecule has 1 aliphatic rings. The largest absolute Gasteiger partial charge is 0.358 e. The molecule has 3 N–H and O–H groups in total. The van der Waals surface area contributed by atoms with Crippen LogP contribution < -0.4 is 11.1 Å². The van der Waals surface area contributed by atoms with Gasteiger partial charge in [-0.3, -0.25) is 5.73 Å². The average molecular weight is 137 g/mol. The van der Waals surface area contributed by atoms with Gasteiger partial charge in [-0.05, 0) is 6.08 Å². The second kappa shape index (κ2) is 1.81. The third-order valence-electron chi connectivity index (χ3n) is 1.36. The van der Waals surface area contributed by atoms with Gasteiger partial charge in [0.25, 0.3) is 0 Å². The summed E-state index contributed by atoms with van der Waals surface area (Å²) in [6, 6.07) is 0. The van der Waals surface area contributed by atoms with Crippen LogP contribution in [0.2, 0.25) is 0 Å². The second-order valence-corrected chi connectivity index (χ2v) is 2.01. The summed E-state index contributed by atoms with van der Waals surface area (Å²) in [6.45, 7) is 0. The van der Waals surface area contributed by atoms with Gasteiger partial charge in [0.2, 0.25) is 0 Å². The molecule has 10 heavy (non-hydrogen) atoms. The highest BCUT2D eigenvalue weighted by molar-refractivity contribution is 5.40. The molecule has 5 heteroatoms. The van der Waals surface area contributed by atoms with E-state index in [0.29, 0.717) is 0 Å². The Morgan fingerprint density at radius 3 is 3.40 bits per heavy atom. The van der Waals surface area contributed by atoms with Crippen LogP contribution in [-0.2, 0) is 0 Å². The Bertz CT molecular complexity index is 263. The van der Waals surface area contributed by atoms with Crippen molar-refractivity contribution in [2.45, 2.75) is 6.29 Å². The Labute approximate surface area is 57.5 Å². The van der Waals surface area contributed by atoms with E-state index in [1.807, 2.05) is 6.08 Å². The highest BCUT2D eigenvalue weighted by Gasteiger charge is 2.10. The van der Waals surface area contributed by atoms with E-state index in [-0.39, 0.29) is 6.29 Å². The summed E-state index contributed by atoms with van der Waals surface area (Å²) in [4.78, 5) is 3.95. The molecule has 0 radical (unpaired) electrons. The minimum absolute atomic E-state index is 0.275. The fourth-order valence-electron chi connectivity index (χ4n) is 0.884. The zero-order chi connectivity index (χ0) is 6.97. The second-order valence-electron chi connectivity index (χ2n) is 2.01. The van der Waals surface area contributed by atoms with Crippen LogP contribution in [-0.4, -0.2) is 14.8 Å². The van der Waals surface area contributed by atoms with Gasteiger partial charge in [0.05, 0.1) is 0 Å². The third kappa shape index (κ3) is 0.608. The summed E-state index contributed by atoms with van der Waals surface area (Å²) in [6.07, 6.45) is 4.78. The predicted octanol–water partition coefficient (Wildman–Crippen LogP) is -0.733. The third-order valence-corrected chi connectivity index (χ3v) is 1.36. The minimum atomic E-state index is -0.275. The quantitative estimate of drug-likeness (QED) is 0.494. The molecule has 0 spiro atoms. The number of hydrogen-bond acceptors (Lipinski definition) is 4. The van der Waals surface area contributed by atoms with E-state index in [2.05, 4.69) is 15.4 Å². The summed E-state index contributed by atoms with van der Waals surface area (Å²) in [7, 11) is 0. The SMILES string of the molecule is NC1NC=Cc2ncnn21. The number of rotatable bonds is 0. The Hall–Kier alpha value is -1.36. The molecule has 0 saturated carbocycles. The fraction of sp³-hybridized carbons (Fsp3) is 0.200. The van der Waals surface area contributed by atoms with E-state index >= 15 is 0 Å². The van der Waals surface area contributed by atoms with Crippen molar-refractivity contribution in [3.8, 4) is 0 Å². The van der Waals surface area contributed by atoms with Crippen molar-refractivity contribution in [2.75, 3.05) is 0 Å². The number of hydrogen-bond donors (Lipinski definition) is 2. The number of nitrogens with one attached hydrogen (secondary N) is 1. The normalized spacial score (nSPS) is 21.9. The molecule has 2 rings (SSSR count). The summed E-state index contributed by atoms with van der Waals surface area (Å²) < 4.78 is 1.61. The zero-order valence-electron chi connectivity index (χ0n) is 5.23. The maximum atomic E-state index is 5.59. The Kier molecular flexibility index (Phi) is 0.983. The molecule has 0 bridgehead atoms. The van der Waals surface area contributed by atoms with Crippen molar-refractivity contribution in [1.29, 1.82) is 0 Å². The van der Waals surface area contributed by atoms with Crippen molar-refractivity contribution >= 4 is 6.08 Å². The maximum absolute atomic E-state index is 5.59. The molecule has 52 valence electrons. The standard InChI is InChI=1S/C5H7N5/c6-5-7-2-1-4-8-3-9-10(4)5/h1-3,5,7H,6H2. The monoisotopic (exact) mass is 137 g/mol. The van der Waals surface area contributed by atoms with Crippen LogP contribution in [0.5, 0.6) is 0 Å². The summed E-state index contributed by atoms with van der Waals surface area (Å²) in [5, 5.41) is 6.79. The molecule has 0 fully saturated rings. The van der Waals surface area contributed by atoms with Gasteiger partial charge in [0.15, 0.2) is 12.1 Å². The highest BCUT2D eigenvalue weighted by atomic mass is 15.4. The van der Waals surface area contributed by atoms with Crippen LogP contribution in [0, 0.1) is 0 Å². The van der Waals surface area contributed by atoms with E-state index in [1.54, 1.807) is 10.9 Å². The molecule has 5 nitrogen and oxygen atoms in total. The molecule has 1 atom stereocenters. The van der Waals surface area contributed by atoms with Crippen molar-refractivity contribution < 1.29 is 0 Å². The van der Waals surface area contributed by atoms with Crippen molar-refractivity contribution in [1.82, 2.24) is 20.1 Å². The van der Waals surface area contributed by atoms with E-state index in [1.165, 1.54) is 6.33 Å². The number of nitrogens with two attached hydrogens (primary N) is 1.